The van der Waals surface area contributed by atoms with E-state index in [0.29, 0.717) is 23.9 Å². The number of aromatic nitrogens is 2. The van der Waals surface area contributed by atoms with E-state index in [1.54, 1.807) is 13.2 Å². The van der Waals surface area contributed by atoms with Crippen LogP contribution in [0.3, 0.4) is 0 Å². The van der Waals surface area contributed by atoms with E-state index in [1.807, 2.05) is 30.3 Å². The van der Waals surface area contributed by atoms with Gasteiger partial charge < -0.3 is 19.8 Å². The largest absolute Gasteiger partial charge is 0.493 e. The zero-order valence-electron chi connectivity index (χ0n) is 15.1. The quantitative estimate of drug-likeness (QED) is 0.547. The lowest BCUT2D eigenvalue weighted by molar-refractivity contribution is 0.290. The molecule has 0 atom stereocenters. The molecule has 0 fully saturated rings. The first-order chi connectivity index (χ1) is 12.7. The molecule has 2 aromatic carbocycles. The smallest absolute Gasteiger partial charge is 0.165 e. The minimum Gasteiger partial charge on any atom is -0.493 e. The summed E-state index contributed by atoms with van der Waals surface area (Å²) in [6.45, 7) is 4.16. The van der Waals surface area contributed by atoms with Crippen molar-refractivity contribution >= 4 is 22.6 Å². The molecule has 5 nitrogen and oxygen atoms in total. The molecule has 0 saturated heterocycles. The molecule has 0 aliphatic heterocycles. The van der Waals surface area contributed by atoms with Crippen LogP contribution in [0.4, 0.5) is 0 Å². The van der Waals surface area contributed by atoms with E-state index < -0.39 is 0 Å². The second kappa shape index (κ2) is 8.92. The van der Waals surface area contributed by atoms with Gasteiger partial charge in [-0.15, -0.1) is 0 Å². The molecule has 1 heterocycles. The Balaban J connectivity index is 1.62. The van der Waals surface area contributed by atoms with Crippen molar-refractivity contribution in [3.63, 3.8) is 0 Å². The summed E-state index contributed by atoms with van der Waals surface area (Å²) in [4.78, 5) is 7.94. The topological polar surface area (TPSA) is 59.2 Å². The van der Waals surface area contributed by atoms with Crippen LogP contribution in [0.5, 0.6) is 11.5 Å². The Bertz CT molecular complexity index is 830. The molecule has 0 unspecified atom stereocenters. The van der Waals surface area contributed by atoms with Gasteiger partial charge in [0.05, 0.1) is 24.8 Å². The number of benzene rings is 2. The predicted octanol–water partition coefficient (Wildman–Crippen LogP) is 4.35. The van der Waals surface area contributed by atoms with Gasteiger partial charge in [-0.2, -0.15) is 0 Å². The average molecular weight is 374 g/mol. The number of imidazole rings is 1. The van der Waals surface area contributed by atoms with Gasteiger partial charge >= 0.3 is 0 Å². The Morgan fingerprint density at radius 3 is 2.85 bits per heavy atom. The van der Waals surface area contributed by atoms with E-state index in [-0.39, 0.29) is 0 Å². The Morgan fingerprint density at radius 2 is 2.08 bits per heavy atom. The third-order valence-electron chi connectivity index (χ3n) is 4.06. The number of aromatic amines is 1. The zero-order chi connectivity index (χ0) is 18.4. The fraction of sp³-hybridized carbons (Fsp3) is 0.350. The van der Waals surface area contributed by atoms with Gasteiger partial charge in [-0.25, -0.2) is 4.98 Å². The number of fused-ring (bicyclic) bond motifs is 1. The highest BCUT2D eigenvalue weighted by molar-refractivity contribution is 6.30. The van der Waals surface area contributed by atoms with Crippen LogP contribution in [0.25, 0.3) is 11.0 Å². The molecule has 0 bridgehead atoms. The molecule has 0 saturated carbocycles. The number of halogens is 1. The van der Waals surface area contributed by atoms with Gasteiger partial charge in [0, 0.05) is 36.2 Å². The molecule has 0 radical (unpaired) electrons. The van der Waals surface area contributed by atoms with Crippen molar-refractivity contribution in [1.29, 1.82) is 0 Å². The van der Waals surface area contributed by atoms with Crippen LogP contribution in [0.15, 0.2) is 36.4 Å². The third-order valence-corrected chi connectivity index (χ3v) is 4.28. The van der Waals surface area contributed by atoms with Gasteiger partial charge in [0.2, 0.25) is 0 Å². The monoisotopic (exact) mass is 373 g/mol. The van der Waals surface area contributed by atoms with Crippen LogP contribution in [-0.4, -0.2) is 30.2 Å². The van der Waals surface area contributed by atoms with Crippen molar-refractivity contribution in [2.75, 3.05) is 20.3 Å². The summed E-state index contributed by atoms with van der Waals surface area (Å²) in [7, 11) is 1.63. The summed E-state index contributed by atoms with van der Waals surface area (Å²) >= 11 is 6.21. The molecule has 0 aliphatic carbocycles. The maximum absolute atomic E-state index is 6.21. The van der Waals surface area contributed by atoms with Crippen LogP contribution >= 0.6 is 11.6 Å². The van der Waals surface area contributed by atoms with E-state index in [0.717, 1.165) is 47.6 Å². The molecule has 6 heteroatoms. The maximum atomic E-state index is 6.21. The van der Waals surface area contributed by atoms with Crippen LogP contribution in [0, 0.1) is 0 Å². The Labute approximate surface area is 158 Å². The molecule has 0 spiro atoms. The maximum Gasteiger partial charge on any atom is 0.165 e. The van der Waals surface area contributed by atoms with Gasteiger partial charge in [0.25, 0.3) is 0 Å². The number of H-pyrrole nitrogens is 1. The molecular formula is C20H24ClN3O2. The minimum absolute atomic E-state index is 0.639. The van der Waals surface area contributed by atoms with Gasteiger partial charge in [-0.1, -0.05) is 30.7 Å². The van der Waals surface area contributed by atoms with Crippen molar-refractivity contribution in [3.8, 4) is 11.5 Å². The standard InChI is InChI=1S/C20H24ClN3O2/c1-3-10-26-20-14(11-15(21)12-18(20)25-2)13-22-9-8-19-23-16-6-4-5-7-17(16)24-19/h4-7,11-12,22H,3,8-10,13H2,1-2H3,(H,23,24). The van der Waals surface area contributed by atoms with Crippen LogP contribution < -0.4 is 14.8 Å². The van der Waals surface area contributed by atoms with Gasteiger partial charge in [-0.05, 0) is 24.6 Å². The summed E-state index contributed by atoms with van der Waals surface area (Å²) in [5, 5.41) is 4.07. The highest BCUT2D eigenvalue weighted by Gasteiger charge is 2.13. The number of hydrogen-bond acceptors (Lipinski definition) is 4. The van der Waals surface area contributed by atoms with Gasteiger partial charge in [0.15, 0.2) is 11.5 Å². The predicted molar refractivity (Wildman–Crippen MR) is 105 cm³/mol. The van der Waals surface area contributed by atoms with Crippen LogP contribution in [0.2, 0.25) is 5.02 Å². The molecule has 26 heavy (non-hydrogen) atoms. The van der Waals surface area contributed by atoms with Crippen molar-refractivity contribution in [3.05, 3.63) is 52.8 Å². The summed E-state index contributed by atoms with van der Waals surface area (Å²) < 4.78 is 11.3. The third kappa shape index (κ3) is 4.48. The Morgan fingerprint density at radius 1 is 1.23 bits per heavy atom. The molecule has 3 rings (SSSR count). The van der Waals surface area contributed by atoms with Crippen LogP contribution in [0.1, 0.15) is 24.7 Å². The summed E-state index contributed by atoms with van der Waals surface area (Å²) in [5.41, 5.74) is 3.06. The van der Waals surface area contributed by atoms with E-state index in [9.17, 15) is 0 Å². The normalized spacial score (nSPS) is 11.0. The molecular weight excluding hydrogens is 350 g/mol. The highest BCUT2D eigenvalue weighted by Crippen LogP contribution is 2.34. The summed E-state index contributed by atoms with van der Waals surface area (Å²) in [6, 6.07) is 11.8. The fourth-order valence-corrected chi connectivity index (χ4v) is 3.06. The van der Waals surface area contributed by atoms with Crippen molar-refractivity contribution in [2.45, 2.75) is 26.3 Å². The number of hydrogen-bond donors (Lipinski definition) is 2. The van der Waals surface area contributed by atoms with Crippen molar-refractivity contribution < 1.29 is 9.47 Å². The zero-order valence-corrected chi connectivity index (χ0v) is 15.9. The highest BCUT2D eigenvalue weighted by atomic mass is 35.5. The molecule has 2 N–H and O–H groups in total. The van der Waals surface area contributed by atoms with E-state index >= 15 is 0 Å². The first-order valence-electron chi connectivity index (χ1n) is 8.84. The number of methoxy groups -OCH3 is 1. The van der Waals surface area contributed by atoms with E-state index in [2.05, 4.69) is 22.2 Å². The lowest BCUT2D eigenvalue weighted by Crippen LogP contribution is -2.18. The minimum atomic E-state index is 0.639. The summed E-state index contributed by atoms with van der Waals surface area (Å²) in [5.74, 6) is 2.40. The van der Waals surface area contributed by atoms with E-state index in [1.165, 1.54) is 0 Å². The number of nitrogens with one attached hydrogen (secondary N) is 2. The second-order valence-corrected chi connectivity index (χ2v) is 6.51. The second-order valence-electron chi connectivity index (χ2n) is 6.07. The summed E-state index contributed by atoms with van der Waals surface area (Å²) in [6.07, 6.45) is 1.75. The molecule has 138 valence electrons. The first-order valence-corrected chi connectivity index (χ1v) is 9.22. The molecule has 1 aromatic heterocycles. The fourth-order valence-electron chi connectivity index (χ4n) is 2.83. The Hall–Kier alpha value is -2.24. The number of rotatable bonds is 9. The van der Waals surface area contributed by atoms with Crippen molar-refractivity contribution in [1.82, 2.24) is 15.3 Å². The van der Waals surface area contributed by atoms with Gasteiger partial charge in [-0.3, -0.25) is 0 Å². The van der Waals surface area contributed by atoms with Crippen molar-refractivity contribution in [2.24, 2.45) is 0 Å². The number of nitrogens with zero attached hydrogens (tertiary/aromatic N) is 1. The van der Waals surface area contributed by atoms with Gasteiger partial charge in [0.1, 0.15) is 5.82 Å². The SMILES string of the molecule is CCCOc1c(CNCCc2nc3ccccc3[nH]2)cc(Cl)cc1OC. The Kier molecular flexibility index (Phi) is 6.36. The molecule has 3 aromatic rings. The van der Waals surface area contributed by atoms with E-state index in [4.69, 9.17) is 21.1 Å². The lowest BCUT2D eigenvalue weighted by atomic mass is 10.1. The van der Waals surface area contributed by atoms with Crippen LogP contribution in [-0.2, 0) is 13.0 Å². The molecule has 0 aliphatic rings. The molecule has 0 amide bonds. The number of para-hydroxylation sites is 2. The first kappa shape index (κ1) is 18.5. The average Bonchev–Trinajstić information content (AvgIpc) is 3.06. The number of ether oxygens (including phenoxy) is 2. The lowest BCUT2D eigenvalue weighted by Gasteiger charge is -2.16.